The van der Waals surface area contributed by atoms with Gasteiger partial charge in [0.05, 0.1) is 28.8 Å². The van der Waals surface area contributed by atoms with E-state index >= 15 is 0 Å². The second-order valence-electron chi connectivity index (χ2n) is 5.85. The average molecular weight is 343 g/mol. The maximum absolute atomic E-state index is 12.0. The molecule has 8 heteroatoms. The zero-order valence-electron chi connectivity index (χ0n) is 13.0. The minimum absolute atomic E-state index is 0.0511. The minimum atomic E-state index is -0.0511. The number of hydrogen-bond acceptors (Lipinski definition) is 5. The Bertz CT molecular complexity index is 946. The van der Waals surface area contributed by atoms with Gasteiger partial charge in [0.2, 0.25) is 0 Å². The fourth-order valence-corrected chi connectivity index (χ4v) is 3.01. The molecule has 0 saturated heterocycles. The van der Waals surface area contributed by atoms with Gasteiger partial charge < -0.3 is 4.98 Å². The quantitative estimate of drug-likeness (QED) is 0.785. The van der Waals surface area contributed by atoms with E-state index in [-0.39, 0.29) is 5.56 Å². The molecule has 4 rings (SSSR count). The highest BCUT2D eigenvalue weighted by Crippen LogP contribution is 2.20. The highest BCUT2D eigenvalue weighted by molar-refractivity contribution is 6.30. The average Bonchev–Trinajstić information content (AvgIpc) is 3.15. The molecule has 1 aromatic carbocycles. The molecule has 0 amide bonds. The molecule has 0 saturated carbocycles. The summed E-state index contributed by atoms with van der Waals surface area (Å²) in [7, 11) is 0. The molecule has 0 atom stereocenters. The van der Waals surface area contributed by atoms with Gasteiger partial charge in [-0.2, -0.15) is 0 Å². The molecule has 1 aliphatic rings. The van der Waals surface area contributed by atoms with Crippen LogP contribution in [0.5, 0.6) is 0 Å². The molecule has 24 heavy (non-hydrogen) atoms. The first kappa shape index (κ1) is 15.0. The van der Waals surface area contributed by atoms with E-state index in [1.807, 2.05) is 30.5 Å². The van der Waals surface area contributed by atoms with Crippen LogP contribution in [0.25, 0.3) is 5.69 Å². The van der Waals surface area contributed by atoms with Crippen molar-refractivity contribution in [3.8, 4) is 5.69 Å². The summed E-state index contributed by atoms with van der Waals surface area (Å²) < 4.78 is 1.71. The lowest BCUT2D eigenvalue weighted by molar-refractivity contribution is 0.270. The number of nitrogens with zero attached hydrogens (tertiary/aromatic N) is 5. The predicted octanol–water partition coefficient (Wildman–Crippen LogP) is 1.83. The van der Waals surface area contributed by atoms with E-state index in [0.717, 1.165) is 22.6 Å². The number of fused-ring (bicyclic) bond motifs is 1. The molecule has 0 fully saturated rings. The minimum Gasteiger partial charge on any atom is -0.310 e. The Hall–Kier alpha value is -2.51. The normalized spacial score (nSPS) is 14.1. The molecule has 7 nitrogen and oxygen atoms in total. The Kier molecular flexibility index (Phi) is 3.66. The first-order chi connectivity index (χ1) is 11.6. The van der Waals surface area contributed by atoms with Crippen molar-refractivity contribution < 1.29 is 0 Å². The van der Waals surface area contributed by atoms with Crippen LogP contribution in [0.2, 0.25) is 5.02 Å². The van der Waals surface area contributed by atoms with E-state index in [1.54, 1.807) is 11.6 Å². The van der Waals surface area contributed by atoms with Gasteiger partial charge in [-0.3, -0.25) is 9.69 Å². The van der Waals surface area contributed by atoms with Gasteiger partial charge >= 0.3 is 0 Å². The number of halogens is 1. The summed E-state index contributed by atoms with van der Waals surface area (Å²) in [6.07, 6.45) is 1.88. The fraction of sp³-hybridized carbons (Fsp3) is 0.250. The van der Waals surface area contributed by atoms with Crippen LogP contribution in [0, 0.1) is 6.92 Å². The summed E-state index contributed by atoms with van der Waals surface area (Å²) in [4.78, 5) is 21.3. The summed E-state index contributed by atoms with van der Waals surface area (Å²) >= 11 is 5.90. The highest BCUT2D eigenvalue weighted by atomic mass is 35.5. The topological polar surface area (TPSA) is 79.7 Å². The number of aromatic amines is 1. The molecule has 0 radical (unpaired) electrons. The van der Waals surface area contributed by atoms with Crippen molar-refractivity contribution in [1.82, 2.24) is 29.9 Å². The molecule has 0 spiro atoms. The summed E-state index contributed by atoms with van der Waals surface area (Å²) in [6.45, 7) is 3.63. The Morgan fingerprint density at radius 2 is 2.04 bits per heavy atom. The van der Waals surface area contributed by atoms with E-state index in [9.17, 15) is 4.79 Å². The third-order valence-electron chi connectivity index (χ3n) is 3.99. The van der Waals surface area contributed by atoms with Crippen molar-refractivity contribution in [1.29, 1.82) is 0 Å². The van der Waals surface area contributed by atoms with Gasteiger partial charge in [0.25, 0.3) is 5.56 Å². The van der Waals surface area contributed by atoms with Crippen molar-refractivity contribution >= 4 is 11.6 Å². The third kappa shape index (κ3) is 2.83. The lowest BCUT2D eigenvalue weighted by Gasteiger charge is -2.11. The molecule has 0 aliphatic carbocycles. The lowest BCUT2D eigenvalue weighted by atomic mass is 10.3. The number of benzene rings is 1. The van der Waals surface area contributed by atoms with Gasteiger partial charge in [-0.05, 0) is 31.2 Å². The second-order valence-corrected chi connectivity index (χ2v) is 6.29. The standard InChI is InChI=1S/C16H15ClN6O/c1-10-18-15-9-22(8-14(15)16(24)19-10)6-12-7-23(21-20-12)13-4-2-11(17)3-5-13/h2-5,7H,6,8-9H2,1H3,(H,18,19,24). The van der Waals surface area contributed by atoms with Crippen LogP contribution < -0.4 is 5.56 Å². The summed E-state index contributed by atoms with van der Waals surface area (Å²) in [5.41, 5.74) is 3.28. The SMILES string of the molecule is Cc1nc2c(c(=O)[nH]1)CN(Cc1cn(-c3ccc(Cl)cc3)nn1)C2. The van der Waals surface area contributed by atoms with E-state index < -0.39 is 0 Å². The Balaban J connectivity index is 1.50. The van der Waals surface area contributed by atoms with Gasteiger partial charge in [-0.25, -0.2) is 9.67 Å². The summed E-state index contributed by atoms with van der Waals surface area (Å²) in [6, 6.07) is 7.41. The molecule has 122 valence electrons. The summed E-state index contributed by atoms with van der Waals surface area (Å²) in [5.74, 6) is 0.647. The van der Waals surface area contributed by atoms with Crippen molar-refractivity contribution in [2.75, 3.05) is 0 Å². The van der Waals surface area contributed by atoms with E-state index in [0.29, 0.717) is 30.5 Å². The number of aryl methyl sites for hydroxylation is 1. The number of hydrogen-bond donors (Lipinski definition) is 1. The molecular weight excluding hydrogens is 328 g/mol. The van der Waals surface area contributed by atoms with Crippen LogP contribution in [0.1, 0.15) is 22.8 Å². The largest absolute Gasteiger partial charge is 0.310 e. The number of aromatic nitrogens is 5. The van der Waals surface area contributed by atoms with Crippen molar-refractivity contribution in [2.45, 2.75) is 26.6 Å². The van der Waals surface area contributed by atoms with Gasteiger partial charge in [-0.1, -0.05) is 16.8 Å². The Morgan fingerprint density at radius 1 is 1.25 bits per heavy atom. The monoisotopic (exact) mass is 342 g/mol. The molecule has 3 aromatic rings. The van der Waals surface area contributed by atoms with E-state index in [4.69, 9.17) is 11.6 Å². The maximum Gasteiger partial charge on any atom is 0.255 e. The molecule has 1 N–H and O–H groups in total. The summed E-state index contributed by atoms with van der Waals surface area (Å²) in [5, 5.41) is 9.05. The van der Waals surface area contributed by atoms with Crippen molar-refractivity contribution in [3.63, 3.8) is 0 Å². The molecule has 0 bridgehead atoms. The first-order valence-corrected chi connectivity index (χ1v) is 7.94. The third-order valence-corrected chi connectivity index (χ3v) is 4.24. The van der Waals surface area contributed by atoms with Gasteiger partial charge in [0.1, 0.15) is 5.82 Å². The van der Waals surface area contributed by atoms with Crippen LogP contribution in [-0.4, -0.2) is 29.9 Å². The lowest BCUT2D eigenvalue weighted by Crippen LogP contribution is -2.18. The van der Waals surface area contributed by atoms with Crippen LogP contribution >= 0.6 is 11.6 Å². The van der Waals surface area contributed by atoms with Crippen LogP contribution in [0.3, 0.4) is 0 Å². The number of rotatable bonds is 3. The number of nitrogens with one attached hydrogen (secondary N) is 1. The second kappa shape index (κ2) is 5.85. The van der Waals surface area contributed by atoms with Gasteiger partial charge in [0.15, 0.2) is 0 Å². The highest BCUT2D eigenvalue weighted by Gasteiger charge is 2.24. The van der Waals surface area contributed by atoms with Crippen LogP contribution in [-0.2, 0) is 19.6 Å². The fourth-order valence-electron chi connectivity index (χ4n) is 2.89. The number of H-pyrrole nitrogens is 1. The van der Waals surface area contributed by atoms with Crippen LogP contribution in [0.4, 0.5) is 0 Å². The Labute approximate surface area is 142 Å². The van der Waals surface area contributed by atoms with Gasteiger partial charge in [0, 0.05) is 24.7 Å². The molecular formula is C16H15ClN6O. The van der Waals surface area contributed by atoms with Crippen LogP contribution in [0.15, 0.2) is 35.3 Å². The van der Waals surface area contributed by atoms with Gasteiger partial charge in [-0.15, -0.1) is 5.10 Å². The predicted molar refractivity (Wildman–Crippen MR) is 88.9 cm³/mol. The first-order valence-electron chi connectivity index (χ1n) is 7.57. The van der Waals surface area contributed by atoms with Crippen molar-refractivity contribution in [3.05, 3.63) is 68.6 Å². The smallest absolute Gasteiger partial charge is 0.255 e. The molecule has 3 heterocycles. The molecule has 0 unspecified atom stereocenters. The van der Waals surface area contributed by atoms with Crippen molar-refractivity contribution in [2.24, 2.45) is 0 Å². The zero-order chi connectivity index (χ0) is 16.7. The Morgan fingerprint density at radius 3 is 2.83 bits per heavy atom. The molecule has 1 aliphatic heterocycles. The molecule has 2 aromatic heterocycles. The zero-order valence-corrected chi connectivity index (χ0v) is 13.8. The van der Waals surface area contributed by atoms with E-state index in [2.05, 4.69) is 25.2 Å². The maximum atomic E-state index is 12.0. The van der Waals surface area contributed by atoms with E-state index in [1.165, 1.54) is 0 Å².